The number of ether oxygens (including phenoxy) is 4. The Hall–Kier alpha value is -3.27. The molecule has 0 spiro atoms. The molecule has 67 heavy (non-hydrogen) atoms. The summed E-state index contributed by atoms with van der Waals surface area (Å²) in [6.07, 6.45) is 59.3. The van der Waals surface area contributed by atoms with Gasteiger partial charge in [-0.15, -0.1) is 0 Å². The Labute approximate surface area is 411 Å². The first kappa shape index (κ1) is 63.7. The predicted molar refractivity (Wildman–Crippen MR) is 278 cm³/mol. The van der Waals surface area contributed by atoms with Crippen molar-refractivity contribution in [1.82, 2.24) is 0 Å². The lowest BCUT2D eigenvalue weighted by Gasteiger charge is -2.26. The molecule has 0 N–H and O–H groups in total. The lowest BCUT2D eigenvalue weighted by molar-refractivity contribution is -0.870. The molecule has 0 bridgehead atoms. The molecule has 0 aromatic rings. The van der Waals surface area contributed by atoms with Crippen molar-refractivity contribution in [3.05, 3.63) is 72.9 Å². The second kappa shape index (κ2) is 49.2. The van der Waals surface area contributed by atoms with Crippen LogP contribution in [0.25, 0.3) is 0 Å². The summed E-state index contributed by atoms with van der Waals surface area (Å²) in [6.45, 7) is 4.61. The van der Waals surface area contributed by atoms with Crippen LogP contribution in [0, 0.1) is 0 Å². The Kier molecular flexibility index (Phi) is 46.8. The summed E-state index contributed by atoms with van der Waals surface area (Å²) in [5.74, 6) is -2.30. The minimum absolute atomic E-state index is 0.142. The summed E-state index contributed by atoms with van der Waals surface area (Å²) in [6, 6.07) is 0. The molecule has 2 unspecified atom stereocenters. The van der Waals surface area contributed by atoms with E-state index in [0.717, 1.165) is 77.0 Å². The van der Waals surface area contributed by atoms with Crippen LogP contribution in [-0.2, 0) is 33.3 Å². The van der Waals surface area contributed by atoms with Gasteiger partial charge in [0.15, 0.2) is 12.4 Å². The van der Waals surface area contributed by atoms with Gasteiger partial charge in [-0.1, -0.05) is 196 Å². The molecule has 0 amide bonds. The number of esters is 2. The first-order valence-corrected chi connectivity index (χ1v) is 27.1. The molecular formula is C58H101NO8. The number of likely N-dealkylation sites (N-methyl/N-ethyl adjacent to an activating group) is 1. The van der Waals surface area contributed by atoms with Crippen molar-refractivity contribution in [2.45, 2.75) is 232 Å². The second-order valence-corrected chi connectivity index (χ2v) is 19.1. The number of carbonyl (C=O) groups is 3. The largest absolute Gasteiger partial charge is 0.545 e. The molecule has 0 heterocycles. The van der Waals surface area contributed by atoms with E-state index in [1.54, 1.807) is 0 Å². The van der Waals surface area contributed by atoms with Crippen LogP contribution in [0.3, 0.4) is 0 Å². The fourth-order valence-corrected chi connectivity index (χ4v) is 7.26. The lowest BCUT2D eigenvalue weighted by atomic mass is 10.1. The molecule has 0 aromatic carbocycles. The molecule has 386 valence electrons. The molecule has 0 saturated heterocycles. The number of carbonyl (C=O) groups excluding carboxylic acids is 3. The molecule has 9 heteroatoms. The molecule has 0 fully saturated rings. The number of hydrogen-bond acceptors (Lipinski definition) is 8. The van der Waals surface area contributed by atoms with Gasteiger partial charge in [-0.25, -0.2) is 0 Å². The van der Waals surface area contributed by atoms with Gasteiger partial charge in [0.05, 0.1) is 40.3 Å². The zero-order valence-corrected chi connectivity index (χ0v) is 43.8. The van der Waals surface area contributed by atoms with Crippen molar-refractivity contribution in [2.75, 3.05) is 47.5 Å². The third-order valence-corrected chi connectivity index (χ3v) is 11.4. The van der Waals surface area contributed by atoms with E-state index in [0.29, 0.717) is 17.4 Å². The van der Waals surface area contributed by atoms with Gasteiger partial charge >= 0.3 is 11.9 Å². The van der Waals surface area contributed by atoms with Crippen LogP contribution in [0.15, 0.2) is 72.9 Å². The Morgan fingerprint density at radius 1 is 0.463 bits per heavy atom. The van der Waals surface area contributed by atoms with Crippen LogP contribution in [0.4, 0.5) is 0 Å². The molecule has 0 aliphatic rings. The topological polar surface area (TPSA) is 111 Å². The van der Waals surface area contributed by atoms with Crippen LogP contribution in [0.1, 0.15) is 219 Å². The molecular weight excluding hydrogens is 839 g/mol. The van der Waals surface area contributed by atoms with Gasteiger partial charge in [0.2, 0.25) is 0 Å². The Bertz CT molecular complexity index is 1330. The molecule has 0 aliphatic heterocycles. The maximum Gasteiger partial charge on any atom is 0.306 e. The summed E-state index contributed by atoms with van der Waals surface area (Å²) in [7, 11) is 5.91. The number of allylic oxidation sites excluding steroid dienone is 12. The van der Waals surface area contributed by atoms with E-state index in [-0.39, 0.29) is 38.6 Å². The van der Waals surface area contributed by atoms with Gasteiger partial charge in [-0.2, -0.15) is 0 Å². The lowest BCUT2D eigenvalue weighted by Crippen LogP contribution is -2.44. The number of rotatable bonds is 49. The molecule has 9 nitrogen and oxygen atoms in total. The fraction of sp³-hybridized carbons (Fsp3) is 0.741. The van der Waals surface area contributed by atoms with Crippen LogP contribution in [0.2, 0.25) is 0 Å². The van der Waals surface area contributed by atoms with Crippen LogP contribution >= 0.6 is 0 Å². The highest BCUT2D eigenvalue weighted by Gasteiger charge is 2.22. The van der Waals surface area contributed by atoms with Gasteiger partial charge in [0.1, 0.15) is 13.2 Å². The maximum absolute atomic E-state index is 12.8. The van der Waals surface area contributed by atoms with Gasteiger partial charge in [0, 0.05) is 12.8 Å². The SMILES string of the molecule is CC/C=C\C/C=C\C/C=C\C/C=C\CCCCCCCCCCC(=O)OC(COC(=O)CCCCCCCCCCC/C=C\C/C=C\CCCCCCC)COC(OCC[N+](C)(C)C)C(=O)[O-]. The summed E-state index contributed by atoms with van der Waals surface area (Å²) in [5.41, 5.74) is 0. The Morgan fingerprint density at radius 2 is 0.851 bits per heavy atom. The smallest absolute Gasteiger partial charge is 0.306 e. The van der Waals surface area contributed by atoms with E-state index in [1.165, 1.54) is 109 Å². The highest BCUT2D eigenvalue weighted by molar-refractivity contribution is 5.70. The third kappa shape index (κ3) is 50.4. The van der Waals surface area contributed by atoms with Gasteiger partial charge < -0.3 is 33.3 Å². The van der Waals surface area contributed by atoms with Crippen molar-refractivity contribution in [1.29, 1.82) is 0 Å². The number of unbranched alkanes of at least 4 members (excludes halogenated alkanes) is 22. The van der Waals surface area contributed by atoms with E-state index >= 15 is 0 Å². The predicted octanol–water partition coefficient (Wildman–Crippen LogP) is 14.1. The third-order valence-electron chi connectivity index (χ3n) is 11.4. The van der Waals surface area contributed by atoms with E-state index in [9.17, 15) is 19.5 Å². The number of carboxylic acid groups (broad SMARTS) is 1. The molecule has 0 saturated carbocycles. The van der Waals surface area contributed by atoms with Gasteiger partial charge in [-0.3, -0.25) is 9.59 Å². The van der Waals surface area contributed by atoms with Gasteiger partial charge in [-0.05, 0) is 83.5 Å². The van der Waals surface area contributed by atoms with Crippen molar-refractivity contribution in [3.8, 4) is 0 Å². The number of quaternary nitrogens is 1. The molecule has 0 aliphatic carbocycles. The molecule has 2 atom stereocenters. The van der Waals surface area contributed by atoms with Crippen molar-refractivity contribution < 1.29 is 42.9 Å². The number of carboxylic acids is 1. The average molecular weight is 940 g/mol. The minimum atomic E-state index is -1.63. The van der Waals surface area contributed by atoms with Crippen LogP contribution < -0.4 is 5.11 Å². The standard InChI is InChI=1S/C58H101NO8/c1-6-8-10-12-14-16-18-20-22-24-26-28-30-32-34-36-38-40-42-44-46-48-55(60)65-52-54(53-66-58(57(62)63)64-51-50-59(3,4)5)67-56(61)49-47-45-43-41-39-37-35-33-31-29-27-25-23-21-19-17-15-13-11-9-7-2/h9,11,15,17-18,20-21,23-24,26-27,29,54,58H,6-8,10,12-14,16,19,22,25,28,30-53H2,1-5H3/b11-9-,17-15-,20-18-,23-21-,26-24-,29-27-. The summed E-state index contributed by atoms with van der Waals surface area (Å²) < 4.78 is 22.7. The average Bonchev–Trinajstić information content (AvgIpc) is 3.29. The maximum atomic E-state index is 12.8. The summed E-state index contributed by atoms with van der Waals surface area (Å²) in [5, 5.41) is 11.8. The quantitative estimate of drug-likeness (QED) is 0.0195. The highest BCUT2D eigenvalue weighted by Crippen LogP contribution is 2.15. The van der Waals surface area contributed by atoms with Crippen molar-refractivity contribution in [2.24, 2.45) is 0 Å². The number of nitrogens with zero attached hydrogens (tertiary/aromatic N) is 1. The van der Waals surface area contributed by atoms with E-state index in [2.05, 4.69) is 86.8 Å². The molecule has 0 aromatic heterocycles. The minimum Gasteiger partial charge on any atom is -0.545 e. The second-order valence-electron chi connectivity index (χ2n) is 19.1. The first-order chi connectivity index (χ1) is 32.6. The van der Waals surface area contributed by atoms with Crippen molar-refractivity contribution >= 4 is 17.9 Å². The number of hydrogen-bond donors (Lipinski definition) is 0. The summed E-state index contributed by atoms with van der Waals surface area (Å²) in [4.78, 5) is 37.2. The Morgan fingerprint density at radius 3 is 1.27 bits per heavy atom. The Balaban J connectivity index is 4.33. The fourth-order valence-electron chi connectivity index (χ4n) is 7.26. The first-order valence-electron chi connectivity index (χ1n) is 27.1. The normalized spacial score (nSPS) is 13.4. The van der Waals surface area contributed by atoms with E-state index < -0.39 is 24.3 Å². The molecule has 0 radical (unpaired) electrons. The summed E-state index contributed by atoms with van der Waals surface area (Å²) >= 11 is 0. The number of aliphatic carboxylic acids is 1. The highest BCUT2D eigenvalue weighted by atomic mass is 16.7. The monoisotopic (exact) mass is 940 g/mol. The van der Waals surface area contributed by atoms with E-state index in [4.69, 9.17) is 18.9 Å². The zero-order chi connectivity index (χ0) is 49.2. The van der Waals surface area contributed by atoms with Crippen molar-refractivity contribution in [3.63, 3.8) is 0 Å². The van der Waals surface area contributed by atoms with Gasteiger partial charge in [0.25, 0.3) is 0 Å². The van der Waals surface area contributed by atoms with Crippen LogP contribution in [-0.4, -0.2) is 82.3 Å². The van der Waals surface area contributed by atoms with Crippen LogP contribution in [0.5, 0.6) is 0 Å². The zero-order valence-electron chi connectivity index (χ0n) is 43.8. The van der Waals surface area contributed by atoms with E-state index in [1.807, 2.05) is 21.1 Å². The molecule has 0 rings (SSSR count).